The Morgan fingerprint density at radius 1 is 1.12 bits per heavy atom. The molecule has 1 atom stereocenters. The summed E-state index contributed by atoms with van der Waals surface area (Å²) >= 11 is 0. The Kier molecular flexibility index (Phi) is 4.55. The van der Waals surface area contributed by atoms with Crippen molar-refractivity contribution < 1.29 is 13.7 Å². The molecule has 1 aromatic heterocycles. The zero-order valence-electron chi connectivity index (χ0n) is 14.3. The van der Waals surface area contributed by atoms with E-state index in [-0.39, 0.29) is 17.8 Å². The van der Waals surface area contributed by atoms with Crippen molar-refractivity contribution in [1.82, 2.24) is 10.1 Å². The van der Waals surface area contributed by atoms with Crippen LogP contribution in [0.2, 0.25) is 0 Å². The fraction of sp³-hybridized carbons (Fsp3) is 0.500. The van der Waals surface area contributed by atoms with E-state index in [1.165, 1.54) is 31.4 Å². The molecule has 1 amide bonds. The molecule has 2 aromatic rings. The molecule has 0 spiro atoms. The molecule has 4 rings (SSSR count). The number of carbonyl (C=O) groups excluding carboxylic acids is 1. The van der Waals surface area contributed by atoms with Crippen LogP contribution in [-0.4, -0.2) is 22.5 Å². The van der Waals surface area contributed by atoms with Gasteiger partial charge in [-0.1, -0.05) is 36.6 Å². The fourth-order valence-electron chi connectivity index (χ4n) is 4.19. The second kappa shape index (κ2) is 6.98. The molecule has 0 unspecified atom stereocenters. The molecule has 4 nitrogen and oxygen atoms in total. The second-order valence-corrected chi connectivity index (χ2v) is 7.16. The van der Waals surface area contributed by atoms with E-state index in [2.05, 4.69) is 5.16 Å². The lowest BCUT2D eigenvalue weighted by molar-refractivity contribution is 0.0693. The van der Waals surface area contributed by atoms with Gasteiger partial charge in [0.05, 0.1) is 11.7 Å². The van der Waals surface area contributed by atoms with Crippen molar-refractivity contribution >= 4 is 5.91 Å². The van der Waals surface area contributed by atoms with Gasteiger partial charge in [0, 0.05) is 18.5 Å². The molecule has 0 bridgehead atoms. The first kappa shape index (κ1) is 16.3. The van der Waals surface area contributed by atoms with E-state index in [4.69, 9.17) is 4.52 Å². The highest BCUT2D eigenvalue weighted by atomic mass is 19.1. The maximum absolute atomic E-state index is 13.5. The number of amides is 1. The molecule has 1 saturated heterocycles. The maximum atomic E-state index is 13.5. The van der Waals surface area contributed by atoms with Gasteiger partial charge < -0.3 is 9.42 Å². The largest absolute Gasteiger partial charge is 0.351 e. The number of hydrogen-bond donors (Lipinski definition) is 0. The Morgan fingerprint density at radius 3 is 2.76 bits per heavy atom. The first-order valence-electron chi connectivity index (χ1n) is 9.25. The first-order valence-corrected chi connectivity index (χ1v) is 9.25. The molecule has 2 heterocycles. The van der Waals surface area contributed by atoms with Gasteiger partial charge in [0.1, 0.15) is 5.82 Å². The van der Waals surface area contributed by atoms with Crippen molar-refractivity contribution in [2.24, 2.45) is 0 Å². The molecule has 0 N–H and O–H groups in total. The van der Waals surface area contributed by atoms with Crippen molar-refractivity contribution in [2.75, 3.05) is 6.54 Å². The molecule has 2 aliphatic rings. The highest BCUT2D eigenvalue weighted by Crippen LogP contribution is 2.35. The highest BCUT2D eigenvalue weighted by Gasteiger charge is 2.33. The summed E-state index contributed by atoms with van der Waals surface area (Å²) in [5, 5.41) is 4.16. The molecule has 1 aliphatic heterocycles. The normalized spacial score (nSPS) is 21.6. The van der Waals surface area contributed by atoms with Crippen molar-refractivity contribution in [3.63, 3.8) is 0 Å². The molecular weight excluding hydrogens is 319 g/mol. The van der Waals surface area contributed by atoms with E-state index in [0.29, 0.717) is 18.2 Å². The van der Waals surface area contributed by atoms with Crippen LogP contribution in [0.25, 0.3) is 0 Å². The number of hydrogen-bond acceptors (Lipinski definition) is 3. The van der Waals surface area contributed by atoms with E-state index in [1.54, 1.807) is 11.0 Å². The Labute approximate surface area is 147 Å². The maximum Gasteiger partial charge on any atom is 0.292 e. The summed E-state index contributed by atoms with van der Waals surface area (Å²) in [4.78, 5) is 14.7. The summed E-state index contributed by atoms with van der Waals surface area (Å²) in [5.74, 6) is 0.317. The summed E-state index contributed by atoms with van der Waals surface area (Å²) in [6, 6.07) is 8.25. The van der Waals surface area contributed by atoms with Crippen LogP contribution < -0.4 is 0 Å². The van der Waals surface area contributed by atoms with Crippen LogP contribution in [0.3, 0.4) is 0 Å². The number of nitrogens with zero attached hydrogens (tertiary/aromatic N) is 2. The third kappa shape index (κ3) is 3.32. The molecule has 132 valence electrons. The molecule has 25 heavy (non-hydrogen) atoms. The number of rotatable bonds is 3. The average Bonchev–Trinajstić information content (AvgIpc) is 3.32. The van der Waals surface area contributed by atoms with Crippen molar-refractivity contribution in [3.8, 4) is 0 Å². The quantitative estimate of drug-likeness (QED) is 0.802. The minimum Gasteiger partial charge on any atom is -0.351 e. The molecule has 1 saturated carbocycles. The lowest BCUT2D eigenvalue weighted by atomic mass is 9.87. The van der Waals surface area contributed by atoms with Gasteiger partial charge in [-0.25, -0.2) is 4.39 Å². The Bertz CT molecular complexity index is 752. The average molecular weight is 342 g/mol. The summed E-state index contributed by atoms with van der Waals surface area (Å²) in [6.07, 6.45) is 7.72. The van der Waals surface area contributed by atoms with Gasteiger partial charge in [-0.05, 0) is 43.4 Å². The standard InChI is InChI=1S/C20H23FN2O2/c21-16-9-4-8-15(12-16)18-10-5-11-23(18)20(24)19-13-17(22-25-19)14-6-2-1-3-7-14/h4,8-9,12-14,18H,1-3,5-7,10-11H2/t18-/m0/s1. The third-order valence-electron chi connectivity index (χ3n) is 5.51. The summed E-state index contributed by atoms with van der Waals surface area (Å²) in [6.45, 7) is 0.666. The molecule has 2 fully saturated rings. The van der Waals surface area contributed by atoms with Gasteiger partial charge in [0.2, 0.25) is 5.76 Å². The first-order chi connectivity index (χ1) is 12.2. The molecule has 0 radical (unpaired) electrons. The van der Waals surface area contributed by atoms with Gasteiger partial charge in [0.15, 0.2) is 0 Å². The van der Waals surface area contributed by atoms with E-state index in [9.17, 15) is 9.18 Å². The topological polar surface area (TPSA) is 46.3 Å². The van der Waals surface area contributed by atoms with Crippen LogP contribution in [0.5, 0.6) is 0 Å². The Hall–Kier alpha value is -2.17. The van der Waals surface area contributed by atoms with Gasteiger partial charge in [-0.15, -0.1) is 0 Å². The SMILES string of the molecule is O=C(c1cc(C2CCCCC2)no1)N1CCC[C@H]1c1cccc(F)c1. The highest BCUT2D eigenvalue weighted by molar-refractivity contribution is 5.92. The zero-order chi connectivity index (χ0) is 17.2. The summed E-state index contributed by atoms with van der Waals surface area (Å²) < 4.78 is 18.9. The van der Waals surface area contributed by atoms with E-state index < -0.39 is 0 Å². The van der Waals surface area contributed by atoms with Crippen molar-refractivity contribution in [1.29, 1.82) is 0 Å². The number of benzene rings is 1. The lowest BCUT2D eigenvalue weighted by Gasteiger charge is -2.24. The number of aromatic nitrogens is 1. The minimum atomic E-state index is -0.268. The fourth-order valence-corrected chi connectivity index (χ4v) is 4.19. The van der Waals surface area contributed by atoms with Gasteiger partial charge in [-0.2, -0.15) is 0 Å². The Balaban J connectivity index is 1.52. The van der Waals surface area contributed by atoms with Gasteiger partial charge >= 0.3 is 0 Å². The summed E-state index contributed by atoms with van der Waals surface area (Å²) in [7, 11) is 0. The third-order valence-corrected chi connectivity index (χ3v) is 5.51. The Morgan fingerprint density at radius 2 is 1.96 bits per heavy atom. The number of halogens is 1. The number of likely N-dealkylation sites (tertiary alicyclic amines) is 1. The minimum absolute atomic E-state index is 0.0913. The molecule has 5 heteroatoms. The van der Waals surface area contributed by atoms with Crippen LogP contribution >= 0.6 is 0 Å². The van der Waals surface area contributed by atoms with Crippen LogP contribution in [0, 0.1) is 5.82 Å². The van der Waals surface area contributed by atoms with Crippen molar-refractivity contribution in [3.05, 3.63) is 53.2 Å². The van der Waals surface area contributed by atoms with Gasteiger partial charge in [0.25, 0.3) is 5.91 Å². The molecule has 1 aliphatic carbocycles. The predicted molar refractivity (Wildman–Crippen MR) is 91.7 cm³/mol. The van der Waals surface area contributed by atoms with Crippen LogP contribution in [0.15, 0.2) is 34.9 Å². The number of carbonyl (C=O) groups is 1. The predicted octanol–water partition coefficient (Wildman–Crippen LogP) is 4.84. The van der Waals surface area contributed by atoms with E-state index >= 15 is 0 Å². The molecule has 1 aromatic carbocycles. The molecular formula is C20H23FN2O2. The van der Waals surface area contributed by atoms with E-state index in [1.807, 2.05) is 12.1 Å². The van der Waals surface area contributed by atoms with Gasteiger partial charge in [-0.3, -0.25) is 4.79 Å². The monoisotopic (exact) mass is 342 g/mol. The van der Waals surface area contributed by atoms with Crippen molar-refractivity contribution in [2.45, 2.75) is 56.9 Å². The zero-order valence-corrected chi connectivity index (χ0v) is 14.3. The van der Waals surface area contributed by atoms with Crippen LogP contribution in [0.4, 0.5) is 4.39 Å². The smallest absolute Gasteiger partial charge is 0.292 e. The lowest BCUT2D eigenvalue weighted by Crippen LogP contribution is -2.30. The van der Waals surface area contributed by atoms with Crippen LogP contribution in [0.1, 0.15) is 78.7 Å². The van der Waals surface area contributed by atoms with Crippen LogP contribution in [-0.2, 0) is 0 Å². The summed E-state index contributed by atoms with van der Waals surface area (Å²) in [5.41, 5.74) is 1.75. The van der Waals surface area contributed by atoms with E-state index in [0.717, 1.165) is 36.9 Å². The second-order valence-electron chi connectivity index (χ2n) is 7.16.